The quantitative estimate of drug-likeness (QED) is 0.417. The van der Waals surface area contributed by atoms with Crippen molar-refractivity contribution < 1.29 is 17.9 Å². The van der Waals surface area contributed by atoms with E-state index in [-0.39, 0.29) is 29.7 Å². The second-order valence-corrected chi connectivity index (χ2v) is 13.5. The van der Waals surface area contributed by atoms with Gasteiger partial charge in [-0.25, -0.2) is 13.2 Å². The molecule has 9 heteroatoms. The third-order valence-corrected chi connectivity index (χ3v) is 10.9. The number of hydrogen-bond donors (Lipinski definition) is 0. The van der Waals surface area contributed by atoms with Crippen LogP contribution in [0.2, 0.25) is 5.02 Å². The molecule has 39 heavy (non-hydrogen) atoms. The Morgan fingerprint density at radius 2 is 1.64 bits per heavy atom. The summed E-state index contributed by atoms with van der Waals surface area (Å²) in [7, 11) is -3.87. The largest absolute Gasteiger partial charge is 0.448 e. The Hall–Kier alpha value is -2.13. The Labute approximate surface area is 238 Å². The number of carbonyl (C=O) groups is 1. The molecule has 2 aromatic carbocycles. The average Bonchev–Trinajstić information content (AvgIpc) is 2.96. The number of nitrogens with zero attached hydrogens (tertiary/aromatic N) is 3. The molecule has 0 bridgehead atoms. The number of piperidine rings is 1. The molecule has 0 aromatic heterocycles. The number of piperazine rings is 1. The molecule has 5 rings (SSSR count). The van der Waals surface area contributed by atoms with E-state index >= 15 is 0 Å². The van der Waals surface area contributed by atoms with Crippen molar-refractivity contribution in [2.45, 2.75) is 87.4 Å². The van der Waals surface area contributed by atoms with Crippen molar-refractivity contribution in [2.24, 2.45) is 0 Å². The van der Waals surface area contributed by atoms with Gasteiger partial charge in [-0.3, -0.25) is 4.90 Å². The van der Waals surface area contributed by atoms with Gasteiger partial charge in [-0.2, -0.15) is 4.31 Å². The second kappa shape index (κ2) is 12.6. The zero-order valence-corrected chi connectivity index (χ0v) is 24.3. The summed E-state index contributed by atoms with van der Waals surface area (Å²) < 4.78 is 35.5. The summed E-state index contributed by atoms with van der Waals surface area (Å²) in [4.78, 5) is 17.8. The summed E-state index contributed by atoms with van der Waals surface area (Å²) in [6.45, 7) is 4.47. The van der Waals surface area contributed by atoms with E-state index in [4.69, 9.17) is 16.3 Å². The molecule has 0 radical (unpaired) electrons. The van der Waals surface area contributed by atoms with Crippen LogP contribution in [0, 0.1) is 0 Å². The van der Waals surface area contributed by atoms with E-state index in [0.717, 1.165) is 25.1 Å². The van der Waals surface area contributed by atoms with Crippen molar-refractivity contribution in [3.05, 3.63) is 65.2 Å². The van der Waals surface area contributed by atoms with E-state index in [1.54, 1.807) is 28.6 Å². The third kappa shape index (κ3) is 6.45. The van der Waals surface area contributed by atoms with E-state index in [1.165, 1.54) is 32.1 Å². The molecule has 1 saturated carbocycles. The van der Waals surface area contributed by atoms with Crippen LogP contribution in [0.5, 0.6) is 0 Å². The van der Waals surface area contributed by atoms with Gasteiger partial charge in [-0.1, -0.05) is 61.2 Å². The highest BCUT2D eigenvalue weighted by Gasteiger charge is 2.42. The predicted molar refractivity (Wildman–Crippen MR) is 153 cm³/mol. The smallest absolute Gasteiger partial charge is 0.410 e. The molecular formula is C30H40ClN3O4S. The van der Waals surface area contributed by atoms with Crippen LogP contribution in [0.15, 0.2) is 59.5 Å². The van der Waals surface area contributed by atoms with Crippen LogP contribution < -0.4 is 0 Å². The monoisotopic (exact) mass is 573 g/mol. The number of rotatable bonds is 6. The van der Waals surface area contributed by atoms with Crippen LogP contribution >= 0.6 is 11.6 Å². The number of hydrogen-bond acceptors (Lipinski definition) is 5. The normalized spacial score (nSPS) is 25.9. The summed E-state index contributed by atoms with van der Waals surface area (Å²) in [5.41, 5.74) is 0.943. The van der Waals surface area contributed by atoms with Gasteiger partial charge in [0.05, 0.1) is 17.0 Å². The lowest BCUT2D eigenvalue weighted by atomic mass is 9.93. The Kier molecular flexibility index (Phi) is 9.16. The number of halogens is 1. The lowest BCUT2D eigenvalue weighted by molar-refractivity contribution is 0.0185. The first-order valence-corrected chi connectivity index (χ1v) is 16.2. The van der Waals surface area contributed by atoms with Gasteiger partial charge in [0.15, 0.2) is 0 Å². The zero-order valence-electron chi connectivity index (χ0n) is 22.8. The molecule has 3 fully saturated rings. The van der Waals surface area contributed by atoms with Crippen LogP contribution in [0.25, 0.3) is 0 Å². The highest BCUT2D eigenvalue weighted by atomic mass is 35.5. The maximum atomic E-state index is 14.0. The van der Waals surface area contributed by atoms with E-state index in [1.807, 2.05) is 35.2 Å². The zero-order chi connectivity index (χ0) is 27.4. The molecule has 0 spiro atoms. The van der Waals surface area contributed by atoms with Gasteiger partial charge in [0.25, 0.3) is 0 Å². The molecular weight excluding hydrogens is 534 g/mol. The first-order chi connectivity index (χ1) is 18.8. The Morgan fingerprint density at radius 3 is 2.33 bits per heavy atom. The van der Waals surface area contributed by atoms with Crippen LogP contribution in [0.1, 0.15) is 69.9 Å². The average molecular weight is 574 g/mol. The highest BCUT2D eigenvalue weighted by molar-refractivity contribution is 7.89. The molecule has 7 nitrogen and oxygen atoms in total. The van der Waals surface area contributed by atoms with Crippen molar-refractivity contribution >= 4 is 27.7 Å². The first kappa shape index (κ1) is 28.4. The molecule has 1 aliphatic carbocycles. The topological polar surface area (TPSA) is 70.2 Å². The standard InChI is InChI=1S/C30H40ClN3O4S/c1-23-21-32(26-11-6-3-7-12-26)19-20-33(23)30(35)38-22-27-13-8-14-29(24-9-4-2-5-10-24)34(27)39(36,37)28-17-15-25(31)16-18-28/h2,4-5,9-10,15-18,23,26-27,29H,3,6-8,11-14,19-22H2,1H3/t23-,27+,29-/m0/s1. The molecule has 1 amide bonds. The molecule has 2 aromatic rings. The van der Waals surface area contributed by atoms with E-state index in [9.17, 15) is 13.2 Å². The Balaban J connectivity index is 1.30. The summed E-state index contributed by atoms with van der Waals surface area (Å²) >= 11 is 6.05. The minimum Gasteiger partial charge on any atom is -0.448 e. The van der Waals surface area contributed by atoms with Crippen molar-refractivity contribution in [1.82, 2.24) is 14.1 Å². The molecule has 0 unspecified atom stereocenters. The number of benzene rings is 2. The maximum absolute atomic E-state index is 14.0. The number of amides is 1. The van der Waals surface area contributed by atoms with Gasteiger partial charge >= 0.3 is 6.09 Å². The van der Waals surface area contributed by atoms with Gasteiger partial charge in [-0.05, 0) is 68.9 Å². The van der Waals surface area contributed by atoms with Crippen LogP contribution in [-0.4, -0.2) is 73.0 Å². The summed E-state index contributed by atoms with van der Waals surface area (Å²) in [6, 6.07) is 15.9. The van der Waals surface area contributed by atoms with Gasteiger partial charge < -0.3 is 9.64 Å². The highest BCUT2D eigenvalue weighted by Crippen LogP contribution is 2.39. The Morgan fingerprint density at radius 1 is 0.923 bits per heavy atom. The van der Waals surface area contributed by atoms with Crippen LogP contribution in [0.4, 0.5) is 4.79 Å². The molecule has 2 heterocycles. The van der Waals surface area contributed by atoms with Gasteiger partial charge in [0.1, 0.15) is 6.61 Å². The second-order valence-electron chi connectivity index (χ2n) is 11.2. The number of ether oxygens (including phenoxy) is 1. The Bertz CT molecular complexity index is 1200. The van der Waals surface area contributed by atoms with Gasteiger partial charge in [-0.15, -0.1) is 0 Å². The van der Waals surface area contributed by atoms with Crippen molar-refractivity contribution in [3.63, 3.8) is 0 Å². The summed E-state index contributed by atoms with van der Waals surface area (Å²) in [5.74, 6) is 0. The molecule has 2 saturated heterocycles. The van der Waals surface area contributed by atoms with Gasteiger partial charge in [0, 0.05) is 36.7 Å². The fourth-order valence-corrected chi connectivity index (χ4v) is 8.55. The number of sulfonamides is 1. The fraction of sp³-hybridized carbons (Fsp3) is 0.567. The van der Waals surface area contributed by atoms with Crippen molar-refractivity contribution in [3.8, 4) is 0 Å². The van der Waals surface area contributed by atoms with Crippen LogP contribution in [0.3, 0.4) is 0 Å². The molecule has 3 aliphatic rings. The lowest BCUT2D eigenvalue weighted by Gasteiger charge is -2.44. The molecule has 3 atom stereocenters. The minimum atomic E-state index is -3.87. The first-order valence-electron chi connectivity index (χ1n) is 14.4. The summed E-state index contributed by atoms with van der Waals surface area (Å²) in [6.07, 6.45) is 8.26. The van der Waals surface area contributed by atoms with Crippen LogP contribution in [-0.2, 0) is 14.8 Å². The fourth-order valence-electron chi connectivity index (χ4n) is 6.58. The van der Waals surface area contributed by atoms with E-state index < -0.39 is 16.1 Å². The van der Waals surface area contributed by atoms with Crippen molar-refractivity contribution in [2.75, 3.05) is 26.2 Å². The SMILES string of the molecule is C[C@H]1CN(C2CCCCC2)CCN1C(=O)OC[C@H]1CCC[C@@H](c2ccccc2)N1S(=O)(=O)c1ccc(Cl)cc1. The van der Waals surface area contributed by atoms with Gasteiger partial charge in [0.2, 0.25) is 10.0 Å². The van der Waals surface area contributed by atoms with E-state index in [2.05, 4.69) is 11.8 Å². The third-order valence-electron chi connectivity index (χ3n) is 8.64. The summed E-state index contributed by atoms with van der Waals surface area (Å²) in [5, 5.41) is 0.482. The molecule has 2 aliphatic heterocycles. The molecule has 212 valence electrons. The predicted octanol–water partition coefficient (Wildman–Crippen LogP) is 6.10. The number of carbonyl (C=O) groups excluding carboxylic acids is 1. The van der Waals surface area contributed by atoms with Crippen molar-refractivity contribution in [1.29, 1.82) is 0 Å². The maximum Gasteiger partial charge on any atom is 0.410 e. The lowest BCUT2D eigenvalue weighted by Crippen LogP contribution is -2.57. The minimum absolute atomic E-state index is 0.0323. The molecule has 0 N–H and O–H groups in total. The van der Waals surface area contributed by atoms with E-state index in [0.29, 0.717) is 30.5 Å².